The maximum Gasteiger partial charge on any atom is 0.406 e. The van der Waals surface area contributed by atoms with Crippen molar-refractivity contribution in [2.24, 2.45) is 0 Å². The largest absolute Gasteiger partial charge is 0.466 e. The number of ether oxygens (including phenoxy) is 2. The van der Waals surface area contributed by atoms with E-state index in [1.54, 1.807) is 0 Å². The molecule has 0 atom stereocenters. The second kappa shape index (κ2) is 50.6. The molecular weight excluding hydrogens is 610 g/mol. The zero-order valence-electron chi connectivity index (χ0n) is 31.5. The number of nitrogens with one attached hydrogen (secondary N) is 1. The number of carbonyl (C=O) groups excluding carboxylic acids is 2. The molecule has 0 spiro atoms. The number of hydrogen-bond donors (Lipinski definition) is 2. The molecule has 1 amide bonds. The summed E-state index contributed by atoms with van der Waals surface area (Å²) in [6, 6.07) is 0. The molecule has 0 heterocycles. The molecule has 0 aromatic carbocycles. The van der Waals surface area contributed by atoms with E-state index in [1.165, 1.54) is 168 Å². The van der Waals surface area contributed by atoms with Crippen LogP contribution in [0.5, 0.6) is 0 Å². The van der Waals surface area contributed by atoms with Gasteiger partial charge in [0.15, 0.2) is 0 Å². The maximum atomic E-state index is 11.5. The van der Waals surface area contributed by atoms with Crippen LogP contribution in [-0.2, 0) is 14.3 Å². The number of allylic oxidation sites excluding steroid dienone is 4. The van der Waals surface area contributed by atoms with Gasteiger partial charge in [-0.15, -0.1) is 0 Å². The number of aliphatic hydroxyl groups is 1. The fourth-order valence-corrected chi connectivity index (χ4v) is 5.31. The lowest BCUT2D eigenvalue weighted by molar-refractivity contribution is -0.143. The number of hydrogen-bond acceptors (Lipinski definition) is 5. The zero-order chi connectivity index (χ0) is 34.7. The van der Waals surface area contributed by atoms with Crippen LogP contribution in [0.3, 0.4) is 0 Å². The van der Waals surface area contributed by atoms with E-state index in [4.69, 9.17) is 9.84 Å². The van der Waals surface area contributed by atoms with Crippen LogP contribution in [0, 0.1) is 0 Å². The number of methoxy groups -OCH3 is 1. The van der Waals surface area contributed by atoms with Gasteiger partial charge in [-0.3, -0.25) is 4.79 Å². The van der Waals surface area contributed by atoms with Crippen molar-refractivity contribution >= 4 is 12.1 Å². The van der Waals surface area contributed by atoms with E-state index in [1.807, 2.05) is 0 Å². The normalized spacial score (nSPS) is 10.7. The Kier molecular flexibility index (Phi) is 55.7. The number of unbranched alkanes of at least 4 members (excludes halogenated alkanes) is 24. The van der Waals surface area contributed by atoms with Gasteiger partial charge in [0.2, 0.25) is 0 Å². The SMILES string of the molecule is C.C.CCCCCCCC/C=C/CCCCCCCCO.CCCCCCCC/C=C/CCCCCCCCOC(=O)CCNC(=O)OC. The van der Waals surface area contributed by atoms with Crippen molar-refractivity contribution in [1.82, 2.24) is 5.32 Å². The molecule has 0 aliphatic rings. The first-order valence-electron chi connectivity index (χ1n) is 20.0. The number of carbonyl (C=O) groups is 2. The first-order valence-corrected chi connectivity index (χ1v) is 20.0. The molecular formula is C43H87NO5. The monoisotopic (exact) mass is 698 g/mol. The van der Waals surface area contributed by atoms with E-state index in [0.717, 1.165) is 19.3 Å². The Bertz CT molecular complexity index is 679. The molecule has 0 aliphatic heterocycles. The molecule has 0 radical (unpaired) electrons. The average molecular weight is 698 g/mol. The van der Waals surface area contributed by atoms with Gasteiger partial charge in [-0.2, -0.15) is 0 Å². The summed E-state index contributed by atoms with van der Waals surface area (Å²) in [7, 11) is 1.29. The smallest absolute Gasteiger partial charge is 0.406 e. The summed E-state index contributed by atoms with van der Waals surface area (Å²) < 4.78 is 9.56. The van der Waals surface area contributed by atoms with Crippen molar-refractivity contribution in [2.75, 3.05) is 26.9 Å². The minimum Gasteiger partial charge on any atom is -0.466 e. The quantitative estimate of drug-likeness (QED) is 0.0397. The molecule has 0 bridgehead atoms. The average Bonchev–Trinajstić information content (AvgIpc) is 3.08. The van der Waals surface area contributed by atoms with Gasteiger partial charge in [-0.05, 0) is 64.2 Å². The molecule has 0 saturated carbocycles. The molecule has 0 fully saturated rings. The van der Waals surface area contributed by atoms with Crippen LogP contribution >= 0.6 is 0 Å². The molecule has 49 heavy (non-hydrogen) atoms. The van der Waals surface area contributed by atoms with Crippen molar-refractivity contribution in [3.05, 3.63) is 24.3 Å². The Morgan fingerprint density at radius 1 is 0.531 bits per heavy atom. The fourth-order valence-electron chi connectivity index (χ4n) is 5.31. The van der Waals surface area contributed by atoms with Crippen LogP contribution in [0.4, 0.5) is 4.79 Å². The topological polar surface area (TPSA) is 84.9 Å². The predicted molar refractivity (Wildman–Crippen MR) is 215 cm³/mol. The Morgan fingerprint density at radius 3 is 1.24 bits per heavy atom. The third-order valence-electron chi connectivity index (χ3n) is 8.37. The maximum absolute atomic E-state index is 11.5. The molecule has 0 aromatic heterocycles. The van der Waals surface area contributed by atoms with E-state index in [-0.39, 0.29) is 33.8 Å². The second-order valence-electron chi connectivity index (χ2n) is 13.0. The molecule has 2 N–H and O–H groups in total. The van der Waals surface area contributed by atoms with Crippen LogP contribution in [0.1, 0.15) is 215 Å². The van der Waals surface area contributed by atoms with Crippen molar-refractivity contribution in [3.63, 3.8) is 0 Å². The molecule has 0 saturated heterocycles. The summed E-state index contributed by atoms with van der Waals surface area (Å²) in [6.45, 7) is 5.62. The molecule has 0 aliphatic carbocycles. The van der Waals surface area contributed by atoms with Gasteiger partial charge in [0.05, 0.1) is 20.1 Å². The first kappa shape index (κ1) is 54.0. The lowest BCUT2D eigenvalue weighted by atomic mass is 10.1. The van der Waals surface area contributed by atoms with E-state index >= 15 is 0 Å². The summed E-state index contributed by atoms with van der Waals surface area (Å²) in [5.41, 5.74) is 0. The predicted octanol–water partition coefficient (Wildman–Crippen LogP) is 13.6. The first-order chi connectivity index (χ1) is 23.1. The molecule has 0 rings (SSSR count). The summed E-state index contributed by atoms with van der Waals surface area (Å²) in [4.78, 5) is 22.3. The highest BCUT2D eigenvalue weighted by Gasteiger charge is 2.04. The van der Waals surface area contributed by atoms with Gasteiger partial charge in [0, 0.05) is 13.2 Å². The summed E-state index contributed by atoms with van der Waals surface area (Å²) in [5, 5.41) is 11.1. The van der Waals surface area contributed by atoms with E-state index in [9.17, 15) is 9.59 Å². The highest BCUT2D eigenvalue weighted by molar-refractivity contribution is 5.71. The molecule has 294 valence electrons. The van der Waals surface area contributed by atoms with Gasteiger partial charge in [0.1, 0.15) is 0 Å². The minimum absolute atomic E-state index is 0. The van der Waals surface area contributed by atoms with Crippen LogP contribution < -0.4 is 5.32 Å². The van der Waals surface area contributed by atoms with Crippen molar-refractivity contribution < 1.29 is 24.2 Å². The summed E-state index contributed by atoms with van der Waals surface area (Å²) >= 11 is 0. The third-order valence-corrected chi connectivity index (χ3v) is 8.37. The Morgan fingerprint density at radius 2 is 0.878 bits per heavy atom. The molecule has 6 heteroatoms. The zero-order valence-corrected chi connectivity index (χ0v) is 31.5. The van der Waals surface area contributed by atoms with Gasteiger partial charge < -0.3 is 19.9 Å². The van der Waals surface area contributed by atoms with E-state index in [0.29, 0.717) is 13.2 Å². The summed E-state index contributed by atoms with van der Waals surface area (Å²) in [6.07, 6.45) is 45.2. The Hall–Kier alpha value is -1.82. The number of aliphatic hydroxyl groups excluding tert-OH is 1. The van der Waals surface area contributed by atoms with Crippen molar-refractivity contribution in [2.45, 2.75) is 215 Å². The van der Waals surface area contributed by atoms with Gasteiger partial charge in [-0.1, -0.05) is 169 Å². The highest BCUT2D eigenvalue weighted by Crippen LogP contribution is 2.11. The van der Waals surface area contributed by atoms with Crippen LogP contribution in [0.2, 0.25) is 0 Å². The molecule has 0 aromatic rings. The Balaban J connectivity index is -0.000000424. The van der Waals surface area contributed by atoms with Crippen LogP contribution in [0.25, 0.3) is 0 Å². The summed E-state index contributed by atoms with van der Waals surface area (Å²) in [5.74, 6) is -0.274. The number of rotatable bonds is 34. The number of amides is 1. The standard InChI is InChI=1S/C23H43NO4.C18H36O.2CH4/c1-3-4-5-6-7-8-9-10-11-12-13-14-15-16-17-18-21-28-22(25)19-20-24-23(26)27-2;1-2-3-4-5-6-7-8-9-10-11-12-13-14-15-16-17-18-19;;/h10-11H,3-9,12-21H2,1-2H3,(H,24,26);9-10,19H,2-8,11-18H2,1H3;2*1H4/b11-10+;10-9+;;. The highest BCUT2D eigenvalue weighted by atomic mass is 16.5. The van der Waals surface area contributed by atoms with Gasteiger partial charge in [-0.25, -0.2) is 4.79 Å². The van der Waals surface area contributed by atoms with Crippen LogP contribution in [0.15, 0.2) is 24.3 Å². The van der Waals surface area contributed by atoms with Crippen molar-refractivity contribution in [3.8, 4) is 0 Å². The van der Waals surface area contributed by atoms with Crippen LogP contribution in [-0.4, -0.2) is 44.0 Å². The third kappa shape index (κ3) is 53.2. The van der Waals surface area contributed by atoms with Crippen molar-refractivity contribution in [1.29, 1.82) is 0 Å². The van der Waals surface area contributed by atoms with E-state index < -0.39 is 6.09 Å². The van der Waals surface area contributed by atoms with Gasteiger partial charge >= 0.3 is 12.1 Å². The molecule has 6 nitrogen and oxygen atoms in total. The number of esters is 1. The van der Waals surface area contributed by atoms with E-state index in [2.05, 4.69) is 48.2 Å². The molecule has 0 unspecified atom stereocenters. The number of alkyl carbamates (subject to hydrolysis) is 1. The minimum atomic E-state index is -0.527. The fraction of sp³-hybridized carbons (Fsp3) is 0.860. The lowest BCUT2D eigenvalue weighted by Gasteiger charge is -2.05. The Labute approximate surface area is 307 Å². The second-order valence-corrected chi connectivity index (χ2v) is 13.0. The van der Waals surface area contributed by atoms with Gasteiger partial charge in [0.25, 0.3) is 0 Å². The lowest BCUT2D eigenvalue weighted by Crippen LogP contribution is -2.26.